The Morgan fingerprint density at radius 2 is 2.22 bits per heavy atom. The Morgan fingerprint density at radius 3 is 2.67 bits per heavy atom. The van der Waals surface area contributed by atoms with Crippen molar-refractivity contribution in [2.75, 3.05) is 13.1 Å². The molecule has 0 aromatic carbocycles. The summed E-state index contributed by atoms with van der Waals surface area (Å²) in [4.78, 5) is 0. The summed E-state index contributed by atoms with van der Waals surface area (Å²) in [6, 6.07) is 0. The van der Waals surface area contributed by atoms with Crippen molar-refractivity contribution in [3.63, 3.8) is 0 Å². The second-order valence-corrected chi connectivity index (χ2v) is 2.90. The van der Waals surface area contributed by atoms with Crippen molar-refractivity contribution in [3.8, 4) is 0 Å². The first kappa shape index (κ1) is 7.03. The van der Waals surface area contributed by atoms with E-state index in [2.05, 4.69) is 12.2 Å². The van der Waals surface area contributed by atoms with Crippen molar-refractivity contribution in [3.05, 3.63) is 0 Å². The minimum absolute atomic E-state index is 0.310. The van der Waals surface area contributed by atoms with Crippen LogP contribution in [0, 0.1) is 0 Å². The monoisotopic (exact) mass is 129 g/mol. The first-order chi connectivity index (χ1) is 4.27. The van der Waals surface area contributed by atoms with E-state index in [0.29, 0.717) is 0 Å². The number of nitrogens with one attached hydrogen (secondary N) is 1. The molecular formula is C7H15NO. The lowest BCUT2D eigenvalue weighted by molar-refractivity contribution is 0.148. The molecule has 1 fully saturated rings. The molecule has 1 rings (SSSR count). The fourth-order valence-corrected chi connectivity index (χ4v) is 0.819. The van der Waals surface area contributed by atoms with Crippen molar-refractivity contribution >= 4 is 0 Å². The Morgan fingerprint density at radius 1 is 1.56 bits per heavy atom. The van der Waals surface area contributed by atoms with Gasteiger partial charge >= 0.3 is 0 Å². The molecule has 2 heteroatoms. The van der Waals surface area contributed by atoms with Crippen LogP contribution in [0.2, 0.25) is 0 Å². The highest BCUT2D eigenvalue weighted by molar-refractivity contribution is 4.94. The van der Waals surface area contributed by atoms with Crippen LogP contribution in [-0.2, 0) is 0 Å². The quantitative estimate of drug-likeness (QED) is 0.542. The normalized spacial score (nSPS) is 22.0. The number of rotatable bonds is 4. The zero-order chi connectivity index (χ0) is 6.74. The van der Waals surface area contributed by atoms with Crippen molar-refractivity contribution < 1.29 is 5.11 Å². The van der Waals surface area contributed by atoms with Crippen LogP contribution in [0.1, 0.15) is 26.2 Å². The standard InChI is InChI=1S/C7H15NO/c1-2-5-8-6-7(9)3-4-7/h8-9H,2-6H2,1H3. The Hall–Kier alpha value is -0.0800. The molecule has 0 aromatic heterocycles. The maximum Gasteiger partial charge on any atom is 0.0773 e. The van der Waals surface area contributed by atoms with E-state index in [1.807, 2.05) is 0 Å². The Balaban J connectivity index is 1.92. The van der Waals surface area contributed by atoms with Gasteiger partial charge in [-0.3, -0.25) is 0 Å². The van der Waals surface area contributed by atoms with E-state index in [1.165, 1.54) is 0 Å². The van der Waals surface area contributed by atoms with Crippen LogP contribution in [0.25, 0.3) is 0 Å². The van der Waals surface area contributed by atoms with E-state index in [0.717, 1.165) is 32.4 Å². The van der Waals surface area contributed by atoms with Crippen LogP contribution in [0.4, 0.5) is 0 Å². The summed E-state index contributed by atoms with van der Waals surface area (Å²) in [5, 5.41) is 12.5. The largest absolute Gasteiger partial charge is 0.389 e. The lowest BCUT2D eigenvalue weighted by Crippen LogP contribution is -2.28. The second-order valence-electron chi connectivity index (χ2n) is 2.90. The van der Waals surface area contributed by atoms with Crippen LogP contribution in [0.3, 0.4) is 0 Å². The zero-order valence-electron chi connectivity index (χ0n) is 5.98. The van der Waals surface area contributed by atoms with Gasteiger partial charge in [-0.05, 0) is 25.8 Å². The van der Waals surface area contributed by atoms with Gasteiger partial charge in [0.15, 0.2) is 0 Å². The highest BCUT2D eigenvalue weighted by Gasteiger charge is 2.39. The molecule has 0 aliphatic heterocycles. The predicted molar refractivity (Wildman–Crippen MR) is 37.3 cm³/mol. The molecule has 0 atom stereocenters. The van der Waals surface area contributed by atoms with Gasteiger partial charge in [0, 0.05) is 6.54 Å². The number of hydrogen-bond acceptors (Lipinski definition) is 2. The van der Waals surface area contributed by atoms with Gasteiger partial charge in [-0.1, -0.05) is 6.92 Å². The summed E-state index contributed by atoms with van der Waals surface area (Å²) >= 11 is 0. The van der Waals surface area contributed by atoms with E-state index in [4.69, 9.17) is 0 Å². The van der Waals surface area contributed by atoms with Crippen LogP contribution in [0.15, 0.2) is 0 Å². The van der Waals surface area contributed by atoms with Crippen molar-refractivity contribution in [1.29, 1.82) is 0 Å². The number of hydrogen-bond donors (Lipinski definition) is 2. The highest BCUT2D eigenvalue weighted by Crippen LogP contribution is 2.33. The van der Waals surface area contributed by atoms with Gasteiger partial charge in [0.1, 0.15) is 0 Å². The molecular weight excluding hydrogens is 114 g/mol. The summed E-state index contributed by atoms with van der Waals surface area (Å²) in [6.07, 6.45) is 3.13. The molecule has 0 unspecified atom stereocenters. The summed E-state index contributed by atoms with van der Waals surface area (Å²) in [5.41, 5.74) is -0.310. The molecule has 0 bridgehead atoms. The Labute approximate surface area is 56.3 Å². The van der Waals surface area contributed by atoms with E-state index in [-0.39, 0.29) is 5.60 Å². The van der Waals surface area contributed by atoms with E-state index in [1.54, 1.807) is 0 Å². The molecule has 1 saturated carbocycles. The van der Waals surface area contributed by atoms with E-state index >= 15 is 0 Å². The predicted octanol–water partition coefficient (Wildman–Crippen LogP) is 0.511. The molecule has 0 aromatic rings. The molecule has 0 radical (unpaired) electrons. The third-order valence-corrected chi connectivity index (χ3v) is 1.71. The topological polar surface area (TPSA) is 32.3 Å². The Kier molecular flexibility index (Phi) is 2.09. The first-order valence-electron chi connectivity index (χ1n) is 3.70. The molecule has 1 aliphatic carbocycles. The third kappa shape index (κ3) is 2.33. The molecule has 9 heavy (non-hydrogen) atoms. The summed E-state index contributed by atoms with van der Waals surface area (Å²) in [7, 11) is 0. The van der Waals surface area contributed by atoms with E-state index < -0.39 is 0 Å². The molecule has 0 spiro atoms. The third-order valence-electron chi connectivity index (χ3n) is 1.71. The lowest BCUT2D eigenvalue weighted by atomic mass is 10.3. The minimum Gasteiger partial charge on any atom is -0.389 e. The van der Waals surface area contributed by atoms with Gasteiger partial charge in [0.2, 0.25) is 0 Å². The van der Waals surface area contributed by atoms with Crippen LogP contribution in [0.5, 0.6) is 0 Å². The van der Waals surface area contributed by atoms with Crippen molar-refractivity contribution in [1.82, 2.24) is 5.32 Å². The van der Waals surface area contributed by atoms with Crippen molar-refractivity contribution in [2.24, 2.45) is 0 Å². The highest BCUT2D eigenvalue weighted by atomic mass is 16.3. The fourth-order valence-electron chi connectivity index (χ4n) is 0.819. The van der Waals surface area contributed by atoms with Gasteiger partial charge in [-0.15, -0.1) is 0 Å². The summed E-state index contributed by atoms with van der Waals surface area (Å²) < 4.78 is 0. The zero-order valence-corrected chi connectivity index (χ0v) is 5.98. The minimum atomic E-state index is -0.310. The molecule has 1 aliphatic rings. The number of aliphatic hydroxyl groups is 1. The van der Waals surface area contributed by atoms with Gasteiger partial charge in [0.05, 0.1) is 5.60 Å². The first-order valence-corrected chi connectivity index (χ1v) is 3.70. The van der Waals surface area contributed by atoms with Crippen molar-refractivity contribution in [2.45, 2.75) is 31.8 Å². The van der Waals surface area contributed by atoms with Gasteiger partial charge < -0.3 is 10.4 Å². The second kappa shape index (κ2) is 2.67. The van der Waals surface area contributed by atoms with Crippen LogP contribution < -0.4 is 5.32 Å². The Bertz CT molecular complexity index is 88.9. The fraction of sp³-hybridized carbons (Fsp3) is 1.00. The molecule has 54 valence electrons. The van der Waals surface area contributed by atoms with Gasteiger partial charge in [0.25, 0.3) is 0 Å². The average molecular weight is 129 g/mol. The van der Waals surface area contributed by atoms with Gasteiger partial charge in [-0.2, -0.15) is 0 Å². The summed E-state index contributed by atoms with van der Waals surface area (Å²) in [5.74, 6) is 0. The molecule has 0 heterocycles. The van der Waals surface area contributed by atoms with Crippen LogP contribution >= 0.6 is 0 Å². The smallest absolute Gasteiger partial charge is 0.0773 e. The molecule has 0 amide bonds. The maximum atomic E-state index is 9.29. The SMILES string of the molecule is CCCNCC1(O)CC1. The maximum absolute atomic E-state index is 9.29. The average Bonchev–Trinajstić information content (AvgIpc) is 2.50. The van der Waals surface area contributed by atoms with Gasteiger partial charge in [-0.25, -0.2) is 0 Å². The van der Waals surface area contributed by atoms with Crippen LogP contribution in [-0.4, -0.2) is 23.8 Å². The molecule has 2 nitrogen and oxygen atoms in total. The van der Waals surface area contributed by atoms with E-state index in [9.17, 15) is 5.11 Å². The molecule has 2 N–H and O–H groups in total. The lowest BCUT2D eigenvalue weighted by Gasteiger charge is -2.06. The summed E-state index contributed by atoms with van der Waals surface area (Å²) in [6.45, 7) is 3.95. The molecule has 0 saturated heterocycles.